The number of rotatable bonds is 9. The number of halogens is 4. The molecule has 10 heteroatoms. The van der Waals surface area contributed by atoms with Crippen LogP contribution in [-0.4, -0.2) is 34.9 Å². The van der Waals surface area contributed by atoms with Crippen LogP contribution in [0.15, 0.2) is 47.5 Å². The highest BCUT2D eigenvalue weighted by atomic mass is 35.5. The van der Waals surface area contributed by atoms with Gasteiger partial charge in [0.05, 0.1) is 18.0 Å². The molecule has 180 valence electrons. The molecule has 0 aliphatic rings. The topological polar surface area (TPSA) is 65.5 Å². The maximum Gasteiger partial charge on any atom is 0.344 e. The van der Waals surface area contributed by atoms with Crippen molar-refractivity contribution < 1.29 is 32.2 Å². The second kappa shape index (κ2) is 11.6. The number of nitrogens with zero attached hydrogens (tertiary/aromatic N) is 1. The van der Waals surface area contributed by atoms with Gasteiger partial charge in [-0.05, 0) is 25.0 Å². The van der Waals surface area contributed by atoms with Crippen molar-refractivity contribution >= 4 is 46.2 Å². The van der Waals surface area contributed by atoms with E-state index in [4.69, 9.17) is 21.1 Å². The molecule has 34 heavy (non-hydrogen) atoms. The van der Waals surface area contributed by atoms with Crippen molar-refractivity contribution in [1.82, 2.24) is 4.98 Å². The summed E-state index contributed by atoms with van der Waals surface area (Å²) in [6.07, 6.45) is 0.498. The van der Waals surface area contributed by atoms with Gasteiger partial charge in [0.1, 0.15) is 22.0 Å². The Kier molecular flexibility index (Phi) is 8.79. The summed E-state index contributed by atoms with van der Waals surface area (Å²) in [6, 6.07) is 10.3. The maximum absolute atomic E-state index is 14.2. The van der Waals surface area contributed by atoms with Crippen molar-refractivity contribution in [2.45, 2.75) is 35.9 Å². The van der Waals surface area contributed by atoms with E-state index in [2.05, 4.69) is 4.98 Å². The molecule has 0 spiro atoms. The number of hydrogen-bond acceptors (Lipinski definition) is 6. The SMILES string of the molecule is CCCOC(=O)c1c(SC(Cl)CF)nc2cc(F)c(F)cc2c1OC(=O)[C@H](C)c1ccccc1. The minimum atomic E-state index is -1.23. The number of carbonyl (C=O) groups is 2. The molecule has 2 atom stereocenters. The van der Waals surface area contributed by atoms with Crippen LogP contribution in [0.5, 0.6) is 5.75 Å². The lowest BCUT2D eigenvalue weighted by molar-refractivity contribution is -0.135. The molecule has 0 fully saturated rings. The summed E-state index contributed by atoms with van der Waals surface area (Å²) < 4.78 is 51.0. The third kappa shape index (κ3) is 5.82. The Morgan fingerprint density at radius 1 is 1.15 bits per heavy atom. The summed E-state index contributed by atoms with van der Waals surface area (Å²) in [5, 5.41) is -0.251. The lowest BCUT2D eigenvalue weighted by Crippen LogP contribution is -2.20. The number of esters is 2. The standard InChI is InChI=1S/C24H21ClF3NO4S/c1-3-9-32-24(31)20-21(33-23(30)13(2)14-7-5-4-6-8-14)15-10-16(27)17(28)11-18(15)29-22(20)34-19(25)12-26/h4-8,10-11,13,19H,3,9,12H2,1-2H3/t13-,19?/m1/s1. The Morgan fingerprint density at radius 2 is 1.82 bits per heavy atom. The van der Waals surface area contributed by atoms with E-state index in [9.17, 15) is 22.8 Å². The molecule has 0 aliphatic carbocycles. The van der Waals surface area contributed by atoms with Gasteiger partial charge in [0, 0.05) is 11.5 Å². The second-order valence-corrected chi connectivity index (χ2v) is 9.25. The summed E-state index contributed by atoms with van der Waals surface area (Å²) in [5.41, 5.74) is 0.224. The van der Waals surface area contributed by atoms with E-state index in [-0.39, 0.29) is 33.8 Å². The number of carbonyl (C=O) groups excluding carboxylic acids is 2. The van der Waals surface area contributed by atoms with Crippen LogP contribution in [0.3, 0.4) is 0 Å². The molecule has 1 unspecified atom stereocenters. The molecule has 1 heterocycles. The first-order valence-electron chi connectivity index (χ1n) is 10.4. The zero-order valence-electron chi connectivity index (χ0n) is 18.3. The Hall–Kier alpha value is -2.78. The van der Waals surface area contributed by atoms with Crippen molar-refractivity contribution in [3.63, 3.8) is 0 Å². The Balaban J connectivity index is 2.20. The largest absolute Gasteiger partial charge is 0.462 e. The van der Waals surface area contributed by atoms with Crippen LogP contribution in [0.1, 0.15) is 42.1 Å². The predicted molar refractivity (Wildman–Crippen MR) is 124 cm³/mol. The highest BCUT2D eigenvalue weighted by molar-refractivity contribution is 8.01. The molecule has 0 saturated heterocycles. The van der Waals surface area contributed by atoms with Crippen molar-refractivity contribution in [3.8, 4) is 5.75 Å². The number of benzene rings is 2. The molecule has 0 amide bonds. The Labute approximate surface area is 203 Å². The summed E-state index contributed by atoms with van der Waals surface area (Å²) in [4.78, 5) is 30.2. The first kappa shape index (κ1) is 25.8. The summed E-state index contributed by atoms with van der Waals surface area (Å²) in [5.74, 6) is -5.20. The van der Waals surface area contributed by atoms with Gasteiger partial charge in [-0.1, -0.05) is 49.0 Å². The number of alkyl halides is 2. The van der Waals surface area contributed by atoms with Gasteiger partial charge in [0.15, 0.2) is 17.4 Å². The highest BCUT2D eigenvalue weighted by Crippen LogP contribution is 2.39. The van der Waals surface area contributed by atoms with Gasteiger partial charge in [-0.2, -0.15) is 0 Å². The lowest BCUT2D eigenvalue weighted by atomic mass is 10.0. The highest BCUT2D eigenvalue weighted by Gasteiger charge is 2.30. The maximum atomic E-state index is 14.2. The molecule has 0 radical (unpaired) electrons. The van der Waals surface area contributed by atoms with Gasteiger partial charge in [-0.3, -0.25) is 4.79 Å². The summed E-state index contributed by atoms with van der Waals surface area (Å²) in [7, 11) is 0. The molecule has 3 rings (SSSR count). The first-order valence-corrected chi connectivity index (χ1v) is 11.7. The minimum absolute atomic E-state index is 0.0416. The number of aromatic nitrogens is 1. The van der Waals surface area contributed by atoms with Gasteiger partial charge < -0.3 is 9.47 Å². The molecule has 3 aromatic rings. The first-order chi connectivity index (χ1) is 16.3. The van der Waals surface area contributed by atoms with Crippen LogP contribution < -0.4 is 4.74 Å². The van der Waals surface area contributed by atoms with Crippen LogP contribution in [-0.2, 0) is 9.53 Å². The van der Waals surface area contributed by atoms with E-state index in [0.717, 1.165) is 12.1 Å². The third-order valence-electron chi connectivity index (χ3n) is 4.80. The van der Waals surface area contributed by atoms with Crippen molar-refractivity contribution in [2.24, 2.45) is 0 Å². The van der Waals surface area contributed by atoms with Gasteiger partial charge in [0.2, 0.25) is 0 Å². The molecular weight excluding hydrogens is 491 g/mol. The molecule has 0 saturated carbocycles. The van der Waals surface area contributed by atoms with E-state index in [1.54, 1.807) is 44.2 Å². The molecule has 2 aromatic carbocycles. The number of pyridine rings is 1. The average molecular weight is 512 g/mol. The van der Waals surface area contributed by atoms with Gasteiger partial charge >= 0.3 is 11.9 Å². The quantitative estimate of drug-likeness (QED) is 0.188. The van der Waals surface area contributed by atoms with E-state index in [0.29, 0.717) is 23.7 Å². The minimum Gasteiger partial charge on any atom is -0.462 e. The van der Waals surface area contributed by atoms with E-state index in [1.807, 2.05) is 0 Å². The zero-order valence-corrected chi connectivity index (χ0v) is 19.9. The predicted octanol–water partition coefficient (Wildman–Crippen LogP) is 6.42. The number of ether oxygens (including phenoxy) is 2. The van der Waals surface area contributed by atoms with Crippen molar-refractivity contribution in [1.29, 1.82) is 0 Å². The number of thioether (sulfide) groups is 1. The molecule has 0 aliphatic heterocycles. The van der Waals surface area contributed by atoms with Crippen molar-refractivity contribution in [2.75, 3.05) is 13.3 Å². The average Bonchev–Trinajstić information content (AvgIpc) is 2.83. The smallest absolute Gasteiger partial charge is 0.344 e. The molecule has 1 aromatic heterocycles. The number of hydrogen-bond donors (Lipinski definition) is 0. The van der Waals surface area contributed by atoms with Gasteiger partial charge in [-0.25, -0.2) is 22.9 Å². The molecule has 0 bridgehead atoms. The third-order valence-corrected chi connectivity index (χ3v) is 6.09. The van der Waals surface area contributed by atoms with Crippen LogP contribution in [0.2, 0.25) is 0 Å². The molecule has 0 N–H and O–H groups in total. The molecular formula is C24H21ClF3NO4S. The normalized spacial score (nSPS) is 12.9. The zero-order chi connectivity index (χ0) is 24.8. The van der Waals surface area contributed by atoms with E-state index < -0.39 is 40.9 Å². The van der Waals surface area contributed by atoms with Crippen molar-refractivity contribution in [3.05, 3.63) is 65.2 Å². The van der Waals surface area contributed by atoms with Crippen LogP contribution in [0, 0.1) is 11.6 Å². The van der Waals surface area contributed by atoms with Crippen LogP contribution in [0.4, 0.5) is 13.2 Å². The van der Waals surface area contributed by atoms with Gasteiger partial charge in [0.25, 0.3) is 0 Å². The molecule has 5 nitrogen and oxygen atoms in total. The summed E-state index contributed by atoms with van der Waals surface area (Å²) >= 11 is 6.60. The van der Waals surface area contributed by atoms with E-state index in [1.165, 1.54) is 0 Å². The fourth-order valence-electron chi connectivity index (χ4n) is 3.07. The fourth-order valence-corrected chi connectivity index (χ4v) is 4.07. The van der Waals surface area contributed by atoms with Gasteiger partial charge in [-0.15, -0.1) is 11.6 Å². The fraction of sp³-hybridized carbons (Fsp3) is 0.292. The lowest BCUT2D eigenvalue weighted by Gasteiger charge is -2.18. The number of fused-ring (bicyclic) bond motifs is 1. The Bertz CT molecular complexity index is 1200. The Morgan fingerprint density at radius 3 is 2.47 bits per heavy atom. The summed E-state index contributed by atoms with van der Waals surface area (Å²) in [6.45, 7) is 2.46. The monoisotopic (exact) mass is 511 g/mol. The van der Waals surface area contributed by atoms with Crippen LogP contribution in [0.25, 0.3) is 10.9 Å². The second-order valence-electron chi connectivity index (χ2n) is 7.28. The van der Waals surface area contributed by atoms with Crippen LogP contribution >= 0.6 is 23.4 Å². The van der Waals surface area contributed by atoms with E-state index >= 15 is 0 Å².